The minimum atomic E-state index is -0.477. The van der Waals surface area contributed by atoms with E-state index in [4.69, 9.17) is 20.9 Å². The van der Waals surface area contributed by atoms with Gasteiger partial charge >= 0.3 is 6.01 Å². The molecule has 0 spiro atoms. The molecule has 0 N–H and O–H groups in total. The van der Waals surface area contributed by atoms with Crippen LogP contribution >= 0.6 is 11.6 Å². The molecule has 0 bridgehead atoms. The Labute approximate surface area is 159 Å². The Balaban J connectivity index is 1.53. The molecule has 0 aliphatic carbocycles. The van der Waals surface area contributed by atoms with Crippen molar-refractivity contribution in [3.63, 3.8) is 0 Å². The van der Waals surface area contributed by atoms with Gasteiger partial charge in [-0.25, -0.2) is 0 Å². The minimum absolute atomic E-state index is 0.350. The zero-order chi connectivity index (χ0) is 18.8. The summed E-state index contributed by atoms with van der Waals surface area (Å²) in [5.74, 6) is 1.45. The normalized spacial score (nSPS) is 12.1. The predicted molar refractivity (Wildman–Crippen MR) is 98.0 cm³/mol. The van der Waals surface area contributed by atoms with Gasteiger partial charge < -0.3 is 9.26 Å². The largest absolute Gasteiger partial charge is 0.452 e. The first-order valence-corrected chi connectivity index (χ1v) is 8.55. The molecule has 0 aliphatic rings. The highest BCUT2D eigenvalue weighted by Crippen LogP contribution is 2.25. The fourth-order valence-corrected chi connectivity index (χ4v) is 2.71. The Bertz CT molecular complexity index is 1060. The van der Waals surface area contributed by atoms with E-state index in [1.54, 1.807) is 29.1 Å². The standard InChI is InChI=1S/C18H15ClN6O2/c1-11(15-21-17(27-24-15)13-4-3-5-14(19)10-13)26-18-23-22-16(25(18)2)12-6-8-20-9-7-12/h3-11H,1-2H3/t11-/m1/s1. The van der Waals surface area contributed by atoms with Crippen LogP contribution in [0.3, 0.4) is 0 Å². The van der Waals surface area contributed by atoms with Gasteiger partial charge in [-0.1, -0.05) is 27.9 Å². The van der Waals surface area contributed by atoms with Gasteiger partial charge in [0.05, 0.1) is 0 Å². The van der Waals surface area contributed by atoms with Crippen LogP contribution in [0.2, 0.25) is 5.02 Å². The van der Waals surface area contributed by atoms with E-state index in [9.17, 15) is 0 Å². The van der Waals surface area contributed by atoms with E-state index in [2.05, 4.69) is 25.3 Å². The van der Waals surface area contributed by atoms with Crippen molar-refractivity contribution in [3.8, 4) is 28.9 Å². The van der Waals surface area contributed by atoms with Crippen LogP contribution in [0.1, 0.15) is 18.9 Å². The van der Waals surface area contributed by atoms with Crippen LogP contribution < -0.4 is 4.74 Å². The number of nitrogens with zero attached hydrogens (tertiary/aromatic N) is 6. The fourth-order valence-electron chi connectivity index (χ4n) is 2.52. The quantitative estimate of drug-likeness (QED) is 0.519. The summed E-state index contributed by atoms with van der Waals surface area (Å²) < 4.78 is 12.9. The van der Waals surface area contributed by atoms with E-state index in [0.29, 0.717) is 28.6 Å². The molecule has 0 saturated heterocycles. The molecule has 1 aromatic carbocycles. The molecular formula is C18H15ClN6O2. The summed E-state index contributed by atoms with van der Waals surface area (Å²) in [6, 6.07) is 11.3. The van der Waals surface area contributed by atoms with Crippen LogP contribution in [0.4, 0.5) is 0 Å². The number of halogens is 1. The van der Waals surface area contributed by atoms with Gasteiger partial charge in [0.1, 0.15) is 0 Å². The Morgan fingerprint density at radius 3 is 2.70 bits per heavy atom. The van der Waals surface area contributed by atoms with Gasteiger partial charge in [-0.2, -0.15) is 4.98 Å². The molecule has 0 saturated carbocycles. The first-order chi connectivity index (χ1) is 13.1. The highest BCUT2D eigenvalue weighted by atomic mass is 35.5. The molecule has 9 heteroatoms. The van der Waals surface area contributed by atoms with Gasteiger partial charge in [-0.05, 0) is 37.3 Å². The molecule has 136 valence electrons. The highest BCUT2D eigenvalue weighted by Gasteiger charge is 2.20. The van der Waals surface area contributed by atoms with E-state index < -0.39 is 6.10 Å². The molecule has 0 aliphatic heterocycles. The Kier molecular flexibility index (Phi) is 4.55. The summed E-state index contributed by atoms with van der Waals surface area (Å²) in [5, 5.41) is 12.9. The first kappa shape index (κ1) is 17.2. The summed E-state index contributed by atoms with van der Waals surface area (Å²) in [6.07, 6.45) is 2.92. The average Bonchev–Trinajstić information content (AvgIpc) is 3.31. The maximum atomic E-state index is 6.01. The third-order valence-electron chi connectivity index (χ3n) is 3.93. The zero-order valence-corrected chi connectivity index (χ0v) is 15.3. The number of hydrogen-bond acceptors (Lipinski definition) is 7. The Morgan fingerprint density at radius 1 is 1.11 bits per heavy atom. The van der Waals surface area contributed by atoms with Crippen LogP contribution in [0.5, 0.6) is 6.01 Å². The van der Waals surface area contributed by atoms with Crippen LogP contribution in [-0.2, 0) is 7.05 Å². The van der Waals surface area contributed by atoms with Crippen LogP contribution in [-0.4, -0.2) is 29.9 Å². The smallest absolute Gasteiger partial charge is 0.317 e. The molecule has 1 atom stereocenters. The molecular weight excluding hydrogens is 368 g/mol. The SMILES string of the molecule is C[C@@H](Oc1nnc(-c2ccncc2)n1C)c1noc(-c2cccc(Cl)c2)n1. The van der Waals surface area contributed by atoms with Gasteiger partial charge in [-0.15, -0.1) is 5.10 Å². The van der Waals surface area contributed by atoms with Gasteiger partial charge in [0.15, 0.2) is 11.9 Å². The van der Waals surface area contributed by atoms with Crippen molar-refractivity contribution in [3.05, 3.63) is 59.6 Å². The highest BCUT2D eigenvalue weighted by molar-refractivity contribution is 6.30. The first-order valence-electron chi connectivity index (χ1n) is 8.18. The Morgan fingerprint density at radius 2 is 1.93 bits per heavy atom. The Hall–Kier alpha value is -3.26. The van der Waals surface area contributed by atoms with Crippen molar-refractivity contribution in [1.29, 1.82) is 0 Å². The number of aromatic nitrogens is 6. The van der Waals surface area contributed by atoms with Gasteiger partial charge in [0.25, 0.3) is 5.89 Å². The topological polar surface area (TPSA) is 91.8 Å². The predicted octanol–water partition coefficient (Wildman–Crippen LogP) is 3.72. The van der Waals surface area contributed by atoms with Crippen molar-refractivity contribution < 1.29 is 9.26 Å². The lowest BCUT2D eigenvalue weighted by Gasteiger charge is -2.10. The maximum absolute atomic E-state index is 6.01. The lowest BCUT2D eigenvalue weighted by Crippen LogP contribution is -2.08. The number of hydrogen-bond donors (Lipinski definition) is 0. The second-order valence-corrected chi connectivity index (χ2v) is 6.27. The van der Waals surface area contributed by atoms with Crippen LogP contribution in [0.15, 0.2) is 53.3 Å². The summed E-state index contributed by atoms with van der Waals surface area (Å²) in [5.41, 5.74) is 1.64. The van der Waals surface area contributed by atoms with Gasteiger partial charge in [-0.3, -0.25) is 9.55 Å². The second-order valence-electron chi connectivity index (χ2n) is 5.83. The maximum Gasteiger partial charge on any atom is 0.317 e. The van der Waals surface area contributed by atoms with Crippen LogP contribution in [0.25, 0.3) is 22.8 Å². The molecule has 4 aromatic rings. The van der Waals surface area contributed by atoms with Crippen molar-refractivity contribution in [1.82, 2.24) is 29.9 Å². The van der Waals surface area contributed by atoms with Crippen molar-refractivity contribution in [2.45, 2.75) is 13.0 Å². The lowest BCUT2D eigenvalue weighted by atomic mass is 10.2. The molecule has 4 rings (SSSR count). The summed E-state index contributed by atoms with van der Waals surface area (Å²) in [6.45, 7) is 1.81. The third kappa shape index (κ3) is 3.52. The fraction of sp³-hybridized carbons (Fsp3) is 0.167. The molecule has 3 aromatic heterocycles. The van der Waals surface area contributed by atoms with Gasteiger partial charge in [0.2, 0.25) is 5.82 Å². The lowest BCUT2D eigenvalue weighted by molar-refractivity contribution is 0.186. The molecule has 0 unspecified atom stereocenters. The summed E-state index contributed by atoms with van der Waals surface area (Å²) in [7, 11) is 1.82. The molecule has 0 radical (unpaired) electrons. The van der Waals surface area contributed by atoms with E-state index >= 15 is 0 Å². The van der Waals surface area contributed by atoms with Gasteiger partial charge in [0, 0.05) is 35.6 Å². The molecule has 0 fully saturated rings. The molecule has 0 amide bonds. The number of ether oxygens (including phenoxy) is 1. The molecule has 3 heterocycles. The van der Waals surface area contributed by atoms with Crippen molar-refractivity contribution in [2.24, 2.45) is 7.05 Å². The molecule has 8 nitrogen and oxygen atoms in total. The number of benzene rings is 1. The minimum Gasteiger partial charge on any atom is -0.452 e. The monoisotopic (exact) mass is 382 g/mol. The van der Waals surface area contributed by atoms with Crippen molar-refractivity contribution >= 4 is 11.6 Å². The second kappa shape index (κ2) is 7.16. The number of rotatable bonds is 5. The van der Waals surface area contributed by atoms with Crippen molar-refractivity contribution in [2.75, 3.05) is 0 Å². The van der Waals surface area contributed by atoms with E-state index in [1.807, 2.05) is 38.2 Å². The van der Waals surface area contributed by atoms with Crippen LogP contribution in [0, 0.1) is 0 Å². The van der Waals surface area contributed by atoms with E-state index in [1.165, 1.54) is 0 Å². The molecule has 27 heavy (non-hydrogen) atoms. The average molecular weight is 383 g/mol. The third-order valence-corrected chi connectivity index (χ3v) is 4.17. The summed E-state index contributed by atoms with van der Waals surface area (Å²) in [4.78, 5) is 8.39. The summed E-state index contributed by atoms with van der Waals surface area (Å²) >= 11 is 6.01. The van der Waals surface area contributed by atoms with E-state index in [0.717, 1.165) is 11.1 Å². The zero-order valence-electron chi connectivity index (χ0n) is 14.6. The number of pyridine rings is 1. The van der Waals surface area contributed by atoms with E-state index in [-0.39, 0.29) is 0 Å².